The molecule has 2 amide bonds. The second-order valence-corrected chi connectivity index (χ2v) is 10.6. The first-order chi connectivity index (χ1) is 20.1. The van der Waals surface area contributed by atoms with E-state index in [9.17, 15) is 33.9 Å². The third-order valence-corrected chi connectivity index (χ3v) is 7.63. The van der Waals surface area contributed by atoms with Gasteiger partial charge in [0.15, 0.2) is 5.78 Å². The van der Waals surface area contributed by atoms with Crippen LogP contribution < -0.4 is 30.9 Å². The highest BCUT2D eigenvalue weighted by atomic mass is 31.2. The van der Waals surface area contributed by atoms with Crippen LogP contribution in [-0.2, 0) is 20.7 Å². The SMILES string of the molecule is O=C(Cn1ccc(=O)[nH]c1=O)NCC(=O)NC(c1ccc([N+](=O)[O-])cc1)P(=O)(Oc1ccccc1)Oc1ccccc1. The first-order valence-electron chi connectivity index (χ1n) is 12.3. The Kier molecular flexibility index (Phi) is 9.30. The summed E-state index contributed by atoms with van der Waals surface area (Å²) < 4.78 is 27.2. The number of hydrogen-bond acceptors (Lipinski definition) is 9. The summed E-state index contributed by atoms with van der Waals surface area (Å²) in [6, 6.07) is 22.2. The van der Waals surface area contributed by atoms with E-state index in [-0.39, 0.29) is 22.7 Å². The van der Waals surface area contributed by atoms with E-state index >= 15 is 0 Å². The molecule has 42 heavy (non-hydrogen) atoms. The van der Waals surface area contributed by atoms with Crippen molar-refractivity contribution in [2.45, 2.75) is 12.3 Å². The predicted molar refractivity (Wildman–Crippen MR) is 150 cm³/mol. The van der Waals surface area contributed by atoms with Gasteiger partial charge >= 0.3 is 13.3 Å². The monoisotopic (exact) mass is 593 g/mol. The lowest BCUT2D eigenvalue weighted by molar-refractivity contribution is -0.384. The Bertz CT molecular complexity index is 1680. The van der Waals surface area contributed by atoms with Crippen LogP contribution in [0.4, 0.5) is 5.69 Å². The number of nitro benzene ring substituents is 1. The molecule has 216 valence electrons. The summed E-state index contributed by atoms with van der Waals surface area (Å²) in [5.74, 6) is -2.69. The van der Waals surface area contributed by atoms with Crippen LogP contribution in [0.5, 0.6) is 11.5 Å². The number of nitrogens with one attached hydrogen (secondary N) is 3. The van der Waals surface area contributed by atoms with Crippen LogP contribution in [0.25, 0.3) is 0 Å². The summed E-state index contributed by atoms with van der Waals surface area (Å²) in [6.07, 6.45) is 1.13. The number of non-ortho nitro benzene ring substituents is 1. The van der Waals surface area contributed by atoms with Crippen molar-refractivity contribution in [2.24, 2.45) is 0 Å². The Balaban J connectivity index is 1.61. The fourth-order valence-corrected chi connectivity index (χ4v) is 5.58. The third kappa shape index (κ3) is 7.79. The molecule has 0 aliphatic heterocycles. The number of carbonyl (C=O) groups excluding carboxylic acids is 2. The van der Waals surface area contributed by atoms with Gasteiger partial charge in [-0.25, -0.2) is 9.36 Å². The van der Waals surface area contributed by atoms with E-state index in [1.165, 1.54) is 48.5 Å². The van der Waals surface area contributed by atoms with Crippen LogP contribution in [0, 0.1) is 10.1 Å². The number of amides is 2. The van der Waals surface area contributed by atoms with Crippen molar-refractivity contribution >= 4 is 25.1 Å². The summed E-state index contributed by atoms with van der Waals surface area (Å²) in [6.45, 7) is -1.08. The van der Waals surface area contributed by atoms with Crippen LogP contribution in [0.15, 0.2) is 107 Å². The van der Waals surface area contributed by atoms with Gasteiger partial charge in [-0.15, -0.1) is 0 Å². The first-order valence-corrected chi connectivity index (χ1v) is 13.9. The smallest absolute Gasteiger partial charge is 0.414 e. The Morgan fingerprint density at radius 1 is 0.881 bits per heavy atom. The highest BCUT2D eigenvalue weighted by Crippen LogP contribution is 2.59. The van der Waals surface area contributed by atoms with E-state index in [0.717, 1.165) is 16.8 Å². The summed E-state index contributed by atoms with van der Waals surface area (Å²) in [5.41, 5.74) is -1.52. The molecular weight excluding hydrogens is 569 g/mol. The molecule has 0 saturated carbocycles. The molecule has 4 rings (SSSR count). The van der Waals surface area contributed by atoms with E-state index in [2.05, 4.69) is 10.6 Å². The first kappa shape index (κ1) is 29.5. The average molecular weight is 593 g/mol. The number of para-hydroxylation sites is 2. The van der Waals surface area contributed by atoms with Gasteiger partial charge in [0.25, 0.3) is 11.2 Å². The van der Waals surface area contributed by atoms with Crippen LogP contribution in [-0.4, -0.2) is 32.8 Å². The standard InChI is InChI=1S/C27H24N5O9P/c33-23-15-16-31(27(36)30-23)18-25(35)28-17-24(34)29-26(19-11-13-20(14-12-19)32(37)38)42(39,40-21-7-3-1-4-8-21)41-22-9-5-2-6-10-22/h1-16,26H,17-18H2,(H,28,35)(H,29,34)(H,30,33,36). The van der Waals surface area contributed by atoms with Crippen molar-refractivity contribution in [1.82, 2.24) is 20.2 Å². The minimum Gasteiger partial charge on any atom is -0.414 e. The van der Waals surface area contributed by atoms with Crippen molar-refractivity contribution in [2.75, 3.05) is 6.54 Å². The highest BCUT2D eigenvalue weighted by molar-refractivity contribution is 7.55. The van der Waals surface area contributed by atoms with Gasteiger partial charge in [-0.05, 0) is 42.0 Å². The van der Waals surface area contributed by atoms with Gasteiger partial charge in [-0.3, -0.25) is 34.0 Å². The summed E-state index contributed by atoms with van der Waals surface area (Å²) >= 11 is 0. The average Bonchev–Trinajstić information content (AvgIpc) is 2.97. The zero-order valence-corrected chi connectivity index (χ0v) is 22.6. The molecule has 0 aliphatic rings. The summed E-state index contributed by atoms with van der Waals surface area (Å²) in [7, 11) is -4.40. The van der Waals surface area contributed by atoms with Crippen molar-refractivity contribution in [3.63, 3.8) is 0 Å². The Hall–Kier alpha value is -5.49. The number of aromatic amines is 1. The molecule has 4 aromatic rings. The molecule has 15 heteroatoms. The molecule has 1 aromatic heterocycles. The molecule has 0 fully saturated rings. The lowest BCUT2D eigenvalue weighted by Gasteiger charge is -2.28. The summed E-state index contributed by atoms with van der Waals surface area (Å²) in [4.78, 5) is 61.1. The number of rotatable bonds is 12. The Morgan fingerprint density at radius 3 is 1.98 bits per heavy atom. The largest absolute Gasteiger partial charge is 0.457 e. The lowest BCUT2D eigenvalue weighted by atomic mass is 10.2. The molecule has 14 nitrogen and oxygen atoms in total. The molecule has 1 heterocycles. The number of H-pyrrole nitrogens is 1. The van der Waals surface area contributed by atoms with Crippen molar-refractivity contribution in [3.8, 4) is 11.5 Å². The third-order valence-electron chi connectivity index (χ3n) is 5.64. The molecular formula is C27H24N5O9P. The van der Waals surface area contributed by atoms with Gasteiger partial charge in [0.2, 0.25) is 11.8 Å². The van der Waals surface area contributed by atoms with E-state index < -0.39 is 54.5 Å². The zero-order chi connectivity index (χ0) is 30.1. The van der Waals surface area contributed by atoms with Gasteiger partial charge in [0.05, 0.1) is 11.5 Å². The fourth-order valence-electron chi connectivity index (χ4n) is 3.67. The number of benzene rings is 3. The van der Waals surface area contributed by atoms with Crippen LogP contribution in [0.1, 0.15) is 11.3 Å². The maximum absolute atomic E-state index is 14.5. The highest BCUT2D eigenvalue weighted by Gasteiger charge is 2.42. The molecule has 0 saturated heterocycles. The van der Waals surface area contributed by atoms with Crippen molar-refractivity contribution in [1.29, 1.82) is 0 Å². The predicted octanol–water partition coefficient (Wildman–Crippen LogP) is 2.73. The normalized spacial score (nSPS) is 11.6. The quantitative estimate of drug-likeness (QED) is 0.126. The van der Waals surface area contributed by atoms with Crippen LogP contribution in [0.2, 0.25) is 0 Å². The number of carbonyl (C=O) groups is 2. The van der Waals surface area contributed by atoms with E-state index in [1.807, 2.05) is 4.98 Å². The molecule has 3 aromatic carbocycles. The van der Waals surface area contributed by atoms with Gasteiger partial charge in [0.1, 0.15) is 18.0 Å². The number of aromatic nitrogens is 2. The minimum atomic E-state index is -4.40. The molecule has 3 N–H and O–H groups in total. The minimum absolute atomic E-state index is 0.162. The van der Waals surface area contributed by atoms with Gasteiger partial charge in [-0.1, -0.05) is 36.4 Å². The maximum Gasteiger partial charge on any atom is 0.457 e. The maximum atomic E-state index is 14.5. The fraction of sp³-hybridized carbons (Fsp3) is 0.111. The van der Waals surface area contributed by atoms with Crippen molar-refractivity contribution in [3.05, 3.63) is 134 Å². The van der Waals surface area contributed by atoms with E-state index in [0.29, 0.717) is 0 Å². The van der Waals surface area contributed by atoms with Crippen molar-refractivity contribution < 1.29 is 28.1 Å². The Morgan fingerprint density at radius 2 is 1.45 bits per heavy atom. The number of hydrogen-bond donors (Lipinski definition) is 3. The topological polar surface area (TPSA) is 192 Å². The molecule has 0 bridgehead atoms. The summed E-state index contributed by atoms with van der Waals surface area (Å²) in [5, 5.41) is 16.1. The second-order valence-electron chi connectivity index (χ2n) is 8.68. The van der Waals surface area contributed by atoms with Gasteiger partial charge in [0, 0.05) is 24.4 Å². The lowest BCUT2D eigenvalue weighted by Crippen LogP contribution is -2.41. The number of nitro groups is 1. The zero-order valence-electron chi connectivity index (χ0n) is 21.7. The molecule has 1 atom stereocenters. The number of nitrogens with zero attached hydrogens (tertiary/aromatic N) is 2. The molecule has 0 spiro atoms. The van der Waals surface area contributed by atoms with Crippen LogP contribution in [0.3, 0.4) is 0 Å². The Labute approximate surface area is 237 Å². The van der Waals surface area contributed by atoms with Gasteiger partial charge < -0.3 is 19.7 Å². The second kappa shape index (κ2) is 13.2. The molecule has 1 unspecified atom stereocenters. The van der Waals surface area contributed by atoms with Crippen LogP contribution >= 0.6 is 7.60 Å². The van der Waals surface area contributed by atoms with E-state index in [1.54, 1.807) is 36.4 Å². The molecule has 0 aliphatic carbocycles. The molecule has 0 radical (unpaired) electrons. The van der Waals surface area contributed by atoms with Gasteiger partial charge in [-0.2, -0.15) is 0 Å². The van der Waals surface area contributed by atoms with E-state index in [4.69, 9.17) is 9.05 Å².